The topological polar surface area (TPSA) is 13.1 Å². The van der Waals surface area contributed by atoms with Crippen molar-refractivity contribution < 1.29 is 0 Å². The summed E-state index contributed by atoms with van der Waals surface area (Å²) in [4.78, 5) is 2.44. The first-order chi connectivity index (χ1) is 29.2. The van der Waals surface area contributed by atoms with Crippen LogP contribution in [0.1, 0.15) is 31.2 Å². The molecule has 13 rings (SSSR count). The summed E-state index contributed by atoms with van der Waals surface area (Å²) in [6, 6.07) is 72.0. The summed E-state index contributed by atoms with van der Waals surface area (Å²) in [5.41, 5.74) is 13.9. The maximum absolute atomic E-state index is 2.47. The number of nitrogens with zero attached hydrogens (tertiary/aromatic N) is 3. The molecule has 0 aliphatic heterocycles. The van der Waals surface area contributed by atoms with Crippen molar-refractivity contribution in [1.29, 1.82) is 0 Å². The Labute approximate surface area is 344 Å². The third kappa shape index (κ3) is 4.70. The molecule has 0 amide bonds. The van der Waals surface area contributed by atoms with Gasteiger partial charge in [0.05, 0.1) is 11.0 Å². The highest BCUT2D eigenvalue weighted by atomic mass is 15.1. The fourth-order valence-electron chi connectivity index (χ4n) is 12.1. The molecule has 0 N–H and O–H groups in total. The molecule has 2 atom stereocenters. The number of hydrogen-bond acceptors (Lipinski definition) is 1. The lowest BCUT2D eigenvalue weighted by atomic mass is 9.39. The van der Waals surface area contributed by atoms with E-state index in [0.29, 0.717) is 5.41 Å². The molecule has 0 saturated heterocycles. The quantitative estimate of drug-likeness (QED) is 0.158. The van der Waals surface area contributed by atoms with Crippen LogP contribution in [0.15, 0.2) is 194 Å². The summed E-state index contributed by atoms with van der Waals surface area (Å²) in [6.07, 6.45) is 5.73. The van der Waals surface area contributed by atoms with Gasteiger partial charge in [0.25, 0.3) is 0 Å². The van der Waals surface area contributed by atoms with Gasteiger partial charge in [-0.25, -0.2) is 0 Å². The molecule has 3 fully saturated rings. The average Bonchev–Trinajstić information content (AvgIpc) is 3.78. The van der Waals surface area contributed by atoms with Crippen molar-refractivity contribution in [1.82, 2.24) is 9.13 Å². The van der Waals surface area contributed by atoms with E-state index in [4.69, 9.17) is 0 Å². The number of aromatic nitrogens is 2. The minimum Gasteiger partial charge on any atom is -0.310 e. The standard InChI is InChI=1S/C56H43N3/c1-3-11-37(12-4-1)38-19-27-46(28-20-38)57(47-31-25-41(26-32-47)56-42-23-24-43(56)36-44(56)35-42)48-29-21-40-34-49(30-22-39(40)33-48)59-53-18-10-8-16-51(53)54-50-15-7-9-17-52(50)58(55(54)59)45-13-5-2-6-14-45/h1-22,25-34,42-44H,23-24,35-36H2. The molecule has 3 nitrogen and oxygen atoms in total. The third-order valence-corrected chi connectivity index (χ3v) is 14.7. The van der Waals surface area contributed by atoms with Crippen molar-refractivity contribution in [3.63, 3.8) is 0 Å². The Morgan fingerprint density at radius 1 is 0.424 bits per heavy atom. The first-order valence-electron chi connectivity index (χ1n) is 21.4. The molecule has 2 aromatic heterocycles. The number of rotatable bonds is 7. The van der Waals surface area contributed by atoms with Crippen LogP contribution in [0.3, 0.4) is 0 Å². The van der Waals surface area contributed by atoms with Crippen LogP contribution in [-0.4, -0.2) is 9.13 Å². The van der Waals surface area contributed by atoms with E-state index < -0.39 is 0 Å². The molecule has 0 bridgehead atoms. The van der Waals surface area contributed by atoms with Crippen LogP contribution in [0.2, 0.25) is 0 Å². The van der Waals surface area contributed by atoms with Crippen molar-refractivity contribution in [2.75, 3.05) is 4.90 Å². The second-order valence-corrected chi connectivity index (χ2v) is 17.3. The first kappa shape index (κ1) is 33.2. The summed E-state index contributed by atoms with van der Waals surface area (Å²) in [5, 5.41) is 6.25. The summed E-state index contributed by atoms with van der Waals surface area (Å²) < 4.78 is 4.90. The Morgan fingerprint density at radius 3 is 1.61 bits per heavy atom. The van der Waals surface area contributed by atoms with E-state index in [0.717, 1.165) is 40.5 Å². The Morgan fingerprint density at radius 2 is 0.949 bits per heavy atom. The van der Waals surface area contributed by atoms with Crippen molar-refractivity contribution in [2.24, 2.45) is 17.8 Å². The van der Waals surface area contributed by atoms with Gasteiger partial charge in [0.1, 0.15) is 5.65 Å². The van der Waals surface area contributed by atoms with E-state index in [-0.39, 0.29) is 0 Å². The largest absolute Gasteiger partial charge is 0.310 e. The second kappa shape index (κ2) is 12.6. The van der Waals surface area contributed by atoms with E-state index >= 15 is 0 Å². The molecule has 59 heavy (non-hydrogen) atoms. The first-order valence-corrected chi connectivity index (χ1v) is 21.4. The SMILES string of the molecule is c1ccc(-c2ccc(N(c3ccc(C45C6CCC4CC5C6)cc3)c3ccc4cc(-n5c6ccccc6c6c7ccccc7n(-c7ccccc7)c65)ccc4c3)cc2)cc1. The van der Waals surface area contributed by atoms with Gasteiger partial charge in [0, 0.05) is 50.0 Å². The highest BCUT2D eigenvalue weighted by molar-refractivity contribution is 6.22. The Balaban J connectivity index is 0.944. The van der Waals surface area contributed by atoms with Crippen molar-refractivity contribution >= 4 is 60.7 Å². The van der Waals surface area contributed by atoms with Gasteiger partial charge in [-0.2, -0.15) is 0 Å². The number of fused-ring (bicyclic) bond motifs is 6. The highest BCUT2D eigenvalue weighted by Gasteiger charge is 2.69. The van der Waals surface area contributed by atoms with E-state index in [1.165, 1.54) is 86.1 Å². The molecule has 3 saturated carbocycles. The maximum atomic E-state index is 2.47. The lowest BCUT2D eigenvalue weighted by molar-refractivity contribution is -0.0835. The zero-order valence-corrected chi connectivity index (χ0v) is 32.9. The summed E-state index contributed by atoms with van der Waals surface area (Å²) in [5.74, 6) is 2.69. The smallest absolute Gasteiger partial charge is 0.131 e. The van der Waals surface area contributed by atoms with Crippen LogP contribution in [-0.2, 0) is 5.41 Å². The van der Waals surface area contributed by atoms with Crippen LogP contribution >= 0.6 is 0 Å². The van der Waals surface area contributed by atoms with Gasteiger partial charge in [0.2, 0.25) is 0 Å². The fraction of sp³-hybridized carbons (Fsp3) is 0.143. The Bertz CT molecular complexity index is 3210. The lowest BCUT2D eigenvalue weighted by Gasteiger charge is -2.65. The van der Waals surface area contributed by atoms with Crippen LogP contribution in [0.4, 0.5) is 17.1 Å². The monoisotopic (exact) mass is 757 g/mol. The number of para-hydroxylation sites is 3. The third-order valence-electron chi connectivity index (χ3n) is 14.7. The molecule has 282 valence electrons. The summed E-state index contributed by atoms with van der Waals surface area (Å²) in [6.45, 7) is 0. The number of benzene rings is 8. The van der Waals surface area contributed by atoms with E-state index in [2.05, 4.69) is 208 Å². The van der Waals surface area contributed by atoms with Gasteiger partial charge in [-0.3, -0.25) is 9.13 Å². The van der Waals surface area contributed by atoms with Crippen LogP contribution in [0.5, 0.6) is 0 Å². The van der Waals surface area contributed by atoms with Crippen LogP contribution in [0.25, 0.3) is 66.1 Å². The minimum atomic E-state index is 0.466. The van der Waals surface area contributed by atoms with Crippen molar-refractivity contribution in [3.8, 4) is 22.5 Å². The van der Waals surface area contributed by atoms with Crippen LogP contribution < -0.4 is 4.90 Å². The molecule has 2 heterocycles. The Kier molecular flexibility index (Phi) is 7.07. The van der Waals surface area contributed by atoms with Gasteiger partial charge in [-0.15, -0.1) is 0 Å². The van der Waals surface area contributed by atoms with E-state index in [9.17, 15) is 0 Å². The molecule has 3 heteroatoms. The number of anilines is 3. The average molecular weight is 758 g/mol. The Hall–Kier alpha value is -6.84. The molecule has 3 aliphatic carbocycles. The molecule has 2 unspecified atom stereocenters. The predicted octanol–water partition coefficient (Wildman–Crippen LogP) is 14.7. The summed E-state index contributed by atoms with van der Waals surface area (Å²) in [7, 11) is 0. The molecule has 3 aliphatic rings. The van der Waals surface area contributed by atoms with Gasteiger partial charge in [0.15, 0.2) is 0 Å². The van der Waals surface area contributed by atoms with Crippen LogP contribution in [0, 0.1) is 17.8 Å². The zero-order valence-electron chi connectivity index (χ0n) is 32.9. The van der Waals surface area contributed by atoms with Crippen molar-refractivity contribution in [2.45, 2.75) is 31.1 Å². The summed E-state index contributed by atoms with van der Waals surface area (Å²) >= 11 is 0. The lowest BCUT2D eigenvalue weighted by Crippen LogP contribution is -2.61. The van der Waals surface area contributed by atoms with E-state index in [1.54, 1.807) is 5.56 Å². The van der Waals surface area contributed by atoms with Gasteiger partial charge >= 0.3 is 0 Å². The normalized spacial score (nSPS) is 20.5. The maximum Gasteiger partial charge on any atom is 0.131 e. The van der Waals surface area contributed by atoms with Crippen molar-refractivity contribution in [3.05, 3.63) is 200 Å². The second-order valence-electron chi connectivity index (χ2n) is 17.3. The molecule has 0 radical (unpaired) electrons. The number of hydrogen-bond donors (Lipinski definition) is 0. The van der Waals surface area contributed by atoms with E-state index in [1.807, 2.05) is 0 Å². The molecular weight excluding hydrogens is 715 g/mol. The molecular formula is C56H43N3. The van der Waals surface area contributed by atoms with Gasteiger partial charge in [-0.05, 0) is 144 Å². The predicted molar refractivity (Wildman–Crippen MR) is 246 cm³/mol. The highest BCUT2D eigenvalue weighted by Crippen LogP contribution is 2.74. The van der Waals surface area contributed by atoms with Gasteiger partial charge < -0.3 is 4.90 Å². The minimum absolute atomic E-state index is 0.466. The zero-order chi connectivity index (χ0) is 38.7. The molecule has 8 aromatic carbocycles. The fourth-order valence-corrected chi connectivity index (χ4v) is 12.1. The van der Waals surface area contributed by atoms with Gasteiger partial charge in [-0.1, -0.05) is 121 Å². The molecule has 10 aromatic rings. The molecule has 0 spiro atoms.